The number of benzene rings is 3. The number of thiazole rings is 1. The third-order valence-electron chi connectivity index (χ3n) is 7.23. The summed E-state index contributed by atoms with van der Waals surface area (Å²) < 4.78 is 25.3. The molecule has 1 fully saturated rings. The van der Waals surface area contributed by atoms with Gasteiger partial charge in [-0.05, 0) is 67.9 Å². The quantitative estimate of drug-likeness (QED) is 0.264. The van der Waals surface area contributed by atoms with Crippen molar-refractivity contribution >= 4 is 52.2 Å². The first-order valence-corrected chi connectivity index (χ1v) is 15.2. The van der Waals surface area contributed by atoms with E-state index in [1.165, 1.54) is 24.3 Å². The van der Waals surface area contributed by atoms with Crippen molar-refractivity contribution in [3.8, 4) is 11.5 Å². The first kappa shape index (κ1) is 28.7. The first-order valence-electron chi connectivity index (χ1n) is 13.5. The molecule has 12 heteroatoms. The van der Waals surface area contributed by atoms with Gasteiger partial charge in [-0.25, -0.2) is 9.29 Å². The van der Waals surface area contributed by atoms with E-state index in [0.717, 1.165) is 33.6 Å². The van der Waals surface area contributed by atoms with Crippen LogP contribution in [0.25, 0.3) is 0 Å². The van der Waals surface area contributed by atoms with Gasteiger partial charge >= 0.3 is 4.87 Å². The number of fused-ring (bicyclic) bond motifs is 2. The first-order chi connectivity index (χ1) is 20.7. The minimum atomic E-state index is -0.817. The van der Waals surface area contributed by atoms with E-state index in [-0.39, 0.29) is 23.1 Å². The molecule has 0 aliphatic carbocycles. The second kappa shape index (κ2) is 11.7. The second-order valence-corrected chi connectivity index (χ2v) is 12.2. The Labute approximate surface area is 254 Å². The lowest BCUT2D eigenvalue weighted by molar-refractivity contribution is -0.122. The summed E-state index contributed by atoms with van der Waals surface area (Å²) in [6, 6.07) is 17.7. The Kier molecular flexibility index (Phi) is 7.80. The van der Waals surface area contributed by atoms with Crippen molar-refractivity contribution in [2.24, 2.45) is 5.92 Å². The number of hydrogen-bond acceptors (Lipinski definition) is 8. The molecule has 2 N–H and O–H groups in total. The smallest absolute Gasteiger partial charge is 0.305 e. The number of aryl methyl sites for hydroxylation is 1. The number of halogens is 1. The number of imide groups is 1. The lowest BCUT2D eigenvalue weighted by atomic mass is 9.83. The number of amides is 3. The Hall–Kier alpha value is -4.42. The van der Waals surface area contributed by atoms with Crippen LogP contribution in [0.5, 0.6) is 11.5 Å². The Balaban J connectivity index is 1.31. The molecule has 2 aliphatic rings. The van der Waals surface area contributed by atoms with Gasteiger partial charge in [-0.3, -0.25) is 19.2 Å². The molecule has 4 aromatic rings. The standard InChI is InChI=1S/C31H26FN3O6S2/c1-3-40-22-14-17(6-13-21(22)41-15-23(36)33-19-9-4-16(2)5-10-19)24-25-27(42-28-26(24)43-31(39)34-28)30(38)35(29(25)37)20-11-7-18(32)8-12-20/h4-14,24-25,27H,3,15H2,1-2H3,(H,33,36)(H,34,39). The number of H-pyrrole nitrogens is 1. The zero-order chi connectivity index (χ0) is 30.2. The molecule has 3 aromatic carbocycles. The summed E-state index contributed by atoms with van der Waals surface area (Å²) in [6.45, 7) is 3.81. The van der Waals surface area contributed by atoms with Gasteiger partial charge in [-0.1, -0.05) is 46.9 Å². The molecule has 9 nitrogen and oxygen atoms in total. The second-order valence-electron chi connectivity index (χ2n) is 10.1. The molecule has 1 aromatic heterocycles. The predicted octanol–water partition coefficient (Wildman–Crippen LogP) is 5.10. The van der Waals surface area contributed by atoms with Crippen LogP contribution < -0.4 is 24.6 Å². The summed E-state index contributed by atoms with van der Waals surface area (Å²) in [4.78, 5) is 56.7. The molecule has 3 heterocycles. The molecule has 0 bridgehead atoms. The van der Waals surface area contributed by atoms with E-state index in [0.29, 0.717) is 39.3 Å². The molecule has 2 aliphatic heterocycles. The maximum atomic E-state index is 13.9. The van der Waals surface area contributed by atoms with Gasteiger partial charge in [0.05, 0.1) is 23.2 Å². The molecule has 0 spiro atoms. The maximum absolute atomic E-state index is 13.9. The van der Waals surface area contributed by atoms with Crippen LogP contribution in [0.3, 0.4) is 0 Å². The van der Waals surface area contributed by atoms with Gasteiger partial charge < -0.3 is 19.8 Å². The maximum Gasteiger partial charge on any atom is 0.305 e. The summed E-state index contributed by atoms with van der Waals surface area (Å²) in [7, 11) is 0. The van der Waals surface area contributed by atoms with Crippen molar-refractivity contribution in [2.45, 2.75) is 30.0 Å². The Morgan fingerprint density at radius 1 is 0.977 bits per heavy atom. The van der Waals surface area contributed by atoms with Crippen molar-refractivity contribution in [3.05, 3.63) is 98.2 Å². The number of carbonyl (C=O) groups excluding carboxylic acids is 3. The molecule has 1 saturated heterocycles. The van der Waals surface area contributed by atoms with Gasteiger partial charge in [-0.2, -0.15) is 0 Å². The summed E-state index contributed by atoms with van der Waals surface area (Å²) in [5, 5.41) is 2.53. The van der Waals surface area contributed by atoms with Crippen molar-refractivity contribution in [3.63, 3.8) is 0 Å². The molecule has 3 atom stereocenters. The van der Waals surface area contributed by atoms with E-state index < -0.39 is 34.7 Å². The van der Waals surface area contributed by atoms with Crippen LogP contribution in [0.4, 0.5) is 15.8 Å². The van der Waals surface area contributed by atoms with Crippen LogP contribution in [0, 0.1) is 18.7 Å². The summed E-state index contributed by atoms with van der Waals surface area (Å²) in [5.74, 6) is -2.46. The minimum absolute atomic E-state index is 0.263. The third-order valence-corrected chi connectivity index (χ3v) is 9.63. The average Bonchev–Trinajstić information content (AvgIpc) is 3.48. The van der Waals surface area contributed by atoms with E-state index in [4.69, 9.17) is 9.47 Å². The fourth-order valence-electron chi connectivity index (χ4n) is 5.30. The van der Waals surface area contributed by atoms with Crippen LogP contribution in [0.15, 0.2) is 76.6 Å². The highest BCUT2D eigenvalue weighted by Gasteiger charge is 2.56. The van der Waals surface area contributed by atoms with Crippen molar-refractivity contribution in [1.29, 1.82) is 0 Å². The number of rotatable bonds is 8. The number of ether oxygens (including phenoxy) is 2. The predicted molar refractivity (Wildman–Crippen MR) is 162 cm³/mol. The van der Waals surface area contributed by atoms with Gasteiger partial charge in [-0.15, -0.1) is 0 Å². The molecule has 3 amide bonds. The van der Waals surface area contributed by atoms with E-state index in [2.05, 4.69) is 10.3 Å². The minimum Gasteiger partial charge on any atom is -0.490 e. The number of aromatic nitrogens is 1. The number of carbonyl (C=O) groups is 3. The van der Waals surface area contributed by atoms with E-state index in [1.807, 2.05) is 26.0 Å². The highest BCUT2D eigenvalue weighted by Crippen LogP contribution is 2.53. The number of hydrogen-bond donors (Lipinski definition) is 2. The van der Waals surface area contributed by atoms with Crippen LogP contribution in [0.1, 0.15) is 28.8 Å². The normalized spacial score (nSPS) is 19.1. The van der Waals surface area contributed by atoms with Gasteiger partial charge in [0.2, 0.25) is 11.8 Å². The molecule has 6 rings (SSSR count). The molecule has 43 heavy (non-hydrogen) atoms. The fraction of sp³-hybridized carbons (Fsp3) is 0.226. The lowest BCUT2D eigenvalue weighted by Gasteiger charge is -2.30. The SMILES string of the molecule is CCOc1cc(C2c3sc(=O)[nH]c3SC3C(=O)N(c4ccc(F)cc4)C(=O)C32)ccc1OCC(=O)Nc1ccc(C)cc1. The zero-order valence-corrected chi connectivity index (χ0v) is 24.7. The van der Waals surface area contributed by atoms with Crippen molar-refractivity contribution in [2.75, 3.05) is 23.4 Å². The molecule has 3 unspecified atom stereocenters. The Bertz CT molecular complexity index is 1770. The average molecular weight is 620 g/mol. The van der Waals surface area contributed by atoms with Crippen LogP contribution >= 0.6 is 23.1 Å². The Morgan fingerprint density at radius 3 is 2.44 bits per heavy atom. The molecule has 0 saturated carbocycles. The largest absolute Gasteiger partial charge is 0.490 e. The molecule has 0 radical (unpaired) electrons. The zero-order valence-electron chi connectivity index (χ0n) is 23.1. The van der Waals surface area contributed by atoms with Crippen molar-refractivity contribution in [1.82, 2.24) is 4.98 Å². The van der Waals surface area contributed by atoms with Gasteiger partial charge in [0.15, 0.2) is 18.1 Å². The Morgan fingerprint density at radius 2 is 1.72 bits per heavy atom. The fourth-order valence-corrected chi connectivity index (χ4v) is 7.82. The van der Waals surface area contributed by atoms with E-state index in [9.17, 15) is 23.6 Å². The third kappa shape index (κ3) is 5.55. The van der Waals surface area contributed by atoms with E-state index >= 15 is 0 Å². The topological polar surface area (TPSA) is 118 Å². The molecular weight excluding hydrogens is 593 g/mol. The number of nitrogens with zero attached hydrogens (tertiary/aromatic N) is 1. The highest BCUT2D eigenvalue weighted by molar-refractivity contribution is 8.00. The lowest BCUT2D eigenvalue weighted by Crippen LogP contribution is -2.32. The van der Waals surface area contributed by atoms with E-state index in [1.54, 1.807) is 30.3 Å². The monoisotopic (exact) mass is 619 g/mol. The van der Waals surface area contributed by atoms with Gasteiger partial charge in [0.1, 0.15) is 11.1 Å². The molecular formula is C31H26FN3O6S2. The van der Waals surface area contributed by atoms with Gasteiger partial charge in [0.25, 0.3) is 5.91 Å². The number of nitrogens with one attached hydrogen (secondary N) is 2. The summed E-state index contributed by atoms with van der Waals surface area (Å²) in [5.41, 5.74) is 2.65. The highest BCUT2D eigenvalue weighted by atomic mass is 32.2. The number of thioether (sulfide) groups is 1. The summed E-state index contributed by atoms with van der Waals surface area (Å²) in [6.07, 6.45) is 0. The number of anilines is 2. The van der Waals surface area contributed by atoms with Crippen LogP contribution in [0.2, 0.25) is 0 Å². The van der Waals surface area contributed by atoms with Crippen LogP contribution in [-0.2, 0) is 14.4 Å². The molecule has 220 valence electrons. The van der Waals surface area contributed by atoms with Crippen LogP contribution in [-0.4, -0.2) is 41.2 Å². The summed E-state index contributed by atoms with van der Waals surface area (Å²) >= 11 is 2.15. The number of aromatic amines is 1. The van der Waals surface area contributed by atoms with Crippen molar-refractivity contribution < 1.29 is 28.2 Å². The van der Waals surface area contributed by atoms with Gasteiger partial charge in [0, 0.05) is 16.5 Å².